The monoisotopic (exact) mass is 480 g/mol. The Balaban J connectivity index is 2.09. The van der Waals surface area contributed by atoms with Crippen LogP contribution in [0.15, 0.2) is 71.8 Å². The molecule has 1 amide bonds. The van der Waals surface area contributed by atoms with Gasteiger partial charge in [0, 0.05) is 23.2 Å². The first-order valence-electron chi connectivity index (χ1n) is 10.8. The van der Waals surface area contributed by atoms with Gasteiger partial charge in [0.05, 0.1) is 12.4 Å². The number of aromatic hydroxyl groups is 1. The zero-order valence-electron chi connectivity index (χ0n) is 19.5. The van der Waals surface area contributed by atoms with Crippen LogP contribution in [0.3, 0.4) is 0 Å². The number of methoxy groups -OCH3 is 1. The molecule has 3 unspecified atom stereocenters. The summed E-state index contributed by atoms with van der Waals surface area (Å²) in [7, 11) is 1.37. The highest BCUT2D eigenvalue weighted by Gasteiger charge is 2.37. The number of hydrogen-bond acceptors (Lipinski definition) is 6. The van der Waals surface area contributed by atoms with Crippen LogP contribution >= 0.6 is 11.8 Å². The Morgan fingerprint density at radius 3 is 2.26 bits per heavy atom. The van der Waals surface area contributed by atoms with Crippen molar-refractivity contribution >= 4 is 23.6 Å². The average Bonchev–Trinajstić information content (AvgIpc) is 2.83. The fourth-order valence-corrected chi connectivity index (χ4v) is 4.93. The van der Waals surface area contributed by atoms with E-state index in [1.165, 1.54) is 31.2 Å². The summed E-state index contributed by atoms with van der Waals surface area (Å²) >= 11 is 1.54. The van der Waals surface area contributed by atoms with E-state index in [0.29, 0.717) is 0 Å². The van der Waals surface area contributed by atoms with Crippen LogP contribution in [0.2, 0.25) is 0 Å². The molecule has 178 valence electrons. The molecule has 0 bridgehead atoms. The number of rotatable bonds is 9. The Labute approximate surface area is 203 Å². The molecule has 1 aromatic heterocycles. The molecule has 0 aliphatic carbocycles. The van der Waals surface area contributed by atoms with Gasteiger partial charge in [-0.25, -0.2) is 9.78 Å². The van der Waals surface area contributed by atoms with E-state index >= 15 is 0 Å². The summed E-state index contributed by atoms with van der Waals surface area (Å²) in [4.78, 5) is 32.0. The number of ether oxygens (including phenoxy) is 1. The minimum absolute atomic E-state index is 0.0858. The highest BCUT2D eigenvalue weighted by molar-refractivity contribution is 7.99. The normalized spacial score (nSPS) is 13.5. The molecule has 0 saturated carbocycles. The number of carbonyl (C=O) groups is 2. The second-order valence-electron chi connectivity index (χ2n) is 7.94. The fraction of sp³-hybridized carbons (Fsp3) is 0.269. The molecule has 0 radical (unpaired) electrons. The molecule has 1 heterocycles. The van der Waals surface area contributed by atoms with Crippen LogP contribution < -0.4 is 4.74 Å². The zero-order chi connectivity index (χ0) is 24.8. The Morgan fingerprint density at radius 2 is 1.68 bits per heavy atom. The van der Waals surface area contributed by atoms with Crippen LogP contribution in [0.25, 0.3) is 0 Å². The number of carbonyl (C=O) groups excluding carboxylic acids is 1. The Kier molecular flexibility index (Phi) is 8.17. The minimum Gasteiger partial charge on any atom is -0.503 e. The van der Waals surface area contributed by atoms with E-state index < -0.39 is 29.7 Å². The van der Waals surface area contributed by atoms with Crippen LogP contribution in [-0.4, -0.2) is 51.2 Å². The lowest BCUT2D eigenvalue weighted by Gasteiger charge is -2.37. The summed E-state index contributed by atoms with van der Waals surface area (Å²) in [5.74, 6) is -2.19. The van der Waals surface area contributed by atoms with E-state index in [1.54, 1.807) is 11.8 Å². The van der Waals surface area contributed by atoms with Gasteiger partial charge in [-0.3, -0.25) is 4.79 Å². The molecule has 0 aliphatic rings. The number of aromatic nitrogens is 1. The van der Waals surface area contributed by atoms with E-state index in [2.05, 4.69) is 4.98 Å². The van der Waals surface area contributed by atoms with Crippen molar-refractivity contribution in [2.24, 2.45) is 0 Å². The van der Waals surface area contributed by atoms with E-state index in [9.17, 15) is 19.8 Å². The third kappa shape index (κ3) is 5.51. The first-order chi connectivity index (χ1) is 16.2. The second-order valence-corrected chi connectivity index (χ2v) is 9.15. The number of aryl methyl sites for hydroxylation is 1. The number of amides is 1. The number of benzene rings is 2. The summed E-state index contributed by atoms with van der Waals surface area (Å²) in [5, 5.41) is 20.1. The molecule has 3 rings (SSSR count). The summed E-state index contributed by atoms with van der Waals surface area (Å²) in [6.07, 6.45) is 1.34. The maximum Gasteiger partial charge on any atom is 0.326 e. The van der Waals surface area contributed by atoms with Gasteiger partial charge < -0.3 is 19.8 Å². The highest BCUT2D eigenvalue weighted by Crippen LogP contribution is 2.41. The Morgan fingerprint density at radius 1 is 1.03 bits per heavy atom. The molecule has 8 heteroatoms. The van der Waals surface area contributed by atoms with Crippen molar-refractivity contribution in [2.75, 3.05) is 7.11 Å². The van der Waals surface area contributed by atoms with Gasteiger partial charge in [0.15, 0.2) is 17.2 Å². The van der Waals surface area contributed by atoms with E-state index in [0.717, 1.165) is 16.0 Å². The molecule has 0 fully saturated rings. The van der Waals surface area contributed by atoms with Crippen molar-refractivity contribution in [1.82, 2.24) is 9.88 Å². The molecule has 3 aromatic rings. The van der Waals surface area contributed by atoms with E-state index in [1.807, 2.05) is 68.4 Å². The molecular weight excluding hydrogens is 452 g/mol. The number of hydrogen-bond donors (Lipinski definition) is 2. The molecule has 2 N–H and O–H groups in total. The molecule has 0 spiro atoms. The number of aliphatic carboxylic acids is 1. The van der Waals surface area contributed by atoms with Crippen LogP contribution in [-0.2, 0) is 4.79 Å². The first-order valence-corrected chi connectivity index (χ1v) is 11.7. The standard InChI is InChI=1S/C26H28N2O5S/c1-16-10-12-19(13-11-16)24(34-20-8-6-5-7-9-20)17(2)28(18(3)26(31)32)25(30)22-23(29)21(33-4)14-15-27-22/h5-15,17-18,24,29H,1-4H3,(H,31,32). The van der Waals surface area contributed by atoms with Crippen molar-refractivity contribution in [1.29, 1.82) is 0 Å². The van der Waals surface area contributed by atoms with Crippen molar-refractivity contribution in [3.63, 3.8) is 0 Å². The molecule has 2 aromatic carbocycles. The van der Waals surface area contributed by atoms with Crippen LogP contribution in [0.4, 0.5) is 0 Å². The molecule has 3 atom stereocenters. The molecular formula is C26H28N2O5S. The van der Waals surface area contributed by atoms with Gasteiger partial charge in [-0.05, 0) is 38.5 Å². The summed E-state index contributed by atoms with van der Waals surface area (Å²) in [6.45, 7) is 5.26. The lowest BCUT2D eigenvalue weighted by atomic mass is 10.0. The molecule has 0 saturated heterocycles. The van der Waals surface area contributed by atoms with Crippen molar-refractivity contribution in [3.05, 3.63) is 83.7 Å². The van der Waals surface area contributed by atoms with Gasteiger partial charge in [0.1, 0.15) is 6.04 Å². The second kappa shape index (κ2) is 11.1. The van der Waals surface area contributed by atoms with Gasteiger partial charge in [-0.15, -0.1) is 11.8 Å². The van der Waals surface area contributed by atoms with E-state index in [-0.39, 0.29) is 16.7 Å². The van der Waals surface area contributed by atoms with Gasteiger partial charge >= 0.3 is 5.97 Å². The zero-order valence-corrected chi connectivity index (χ0v) is 20.3. The predicted molar refractivity (Wildman–Crippen MR) is 131 cm³/mol. The number of pyridine rings is 1. The SMILES string of the molecule is COc1ccnc(C(=O)N(C(C)C(=O)O)C(C)C(Sc2ccccc2)c2ccc(C)cc2)c1O. The van der Waals surface area contributed by atoms with Crippen molar-refractivity contribution in [2.45, 2.75) is 43.0 Å². The number of nitrogens with zero attached hydrogens (tertiary/aromatic N) is 2. The first kappa shape index (κ1) is 25.1. The Bertz CT molecular complexity index is 1140. The third-order valence-corrected chi connectivity index (χ3v) is 7.07. The number of carboxylic acid groups (broad SMARTS) is 1. The summed E-state index contributed by atoms with van der Waals surface area (Å²) in [6, 6.07) is 17.4. The van der Waals surface area contributed by atoms with Gasteiger partial charge in [-0.2, -0.15) is 0 Å². The van der Waals surface area contributed by atoms with Gasteiger partial charge in [-0.1, -0.05) is 48.0 Å². The maximum atomic E-state index is 13.6. The molecule has 34 heavy (non-hydrogen) atoms. The lowest BCUT2D eigenvalue weighted by molar-refractivity contribution is -0.142. The average molecular weight is 481 g/mol. The third-order valence-electron chi connectivity index (χ3n) is 5.61. The lowest BCUT2D eigenvalue weighted by Crippen LogP contribution is -2.50. The predicted octanol–water partition coefficient (Wildman–Crippen LogP) is 4.94. The summed E-state index contributed by atoms with van der Waals surface area (Å²) in [5.41, 5.74) is 1.79. The van der Waals surface area contributed by atoms with Gasteiger partial charge in [0.2, 0.25) is 0 Å². The smallest absolute Gasteiger partial charge is 0.326 e. The number of thioether (sulfide) groups is 1. The molecule has 7 nitrogen and oxygen atoms in total. The van der Waals surface area contributed by atoms with Crippen LogP contribution in [0.1, 0.15) is 40.7 Å². The minimum atomic E-state index is -1.17. The van der Waals surface area contributed by atoms with E-state index in [4.69, 9.17) is 4.74 Å². The Hall–Kier alpha value is -3.52. The summed E-state index contributed by atoms with van der Waals surface area (Å²) < 4.78 is 5.11. The largest absolute Gasteiger partial charge is 0.503 e. The fourth-order valence-electron chi connectivity index (χ4n) is 3.71. The number of carboxylic acids is 1. The molecule has 0 aliphatic heterocycles. The topological polar surface area (TPSA) is 100.0 Å². The maximum absolute atomic E-state index is 13.6. The van der Waals surface area contributed by atoms with Gasteiger partial charge in [0.25, 0.3) is 5.91 Å². The van der Waals surface area contributed by atoms with Crippen molar-refractivity contribution < 1.29 is 24.5 Å². The quantitative estimate of drug-likeness (QED) is 0.418. The van der Waals surface area contributed by atoms with Crippen LogP contribution in [0, 0.1) is 6.92 Å². The van der Waals surface area contributed by atoms with Crippen molar-refractivity contribution in [3.8, 4) is 11.5 Å². The van der Waals surface area contributed by atoms with Crippen LogP contribution in [0.5, 0.6) is 11.5 Å². The highest BCUT2D eigenvalue weighted by atomic mass is 32.2.